The number of benzene rings is 14. The van der Waals surface area contributed by atoms with Crippen molar-refractivity contribution in [3.8, 4) is 0 Å². The molecule has 0 nitrogen and oxygen atoms in total. The third-order valence-corrected chi connectivity index (χ3v) is 22.5. The second-order valence-electron chi connectivity index (χ2n) is 35.9. The summed E-state index contributed by atoms with van der Waals surface area (Å²) in [4.78, 5) is 0. The molecule has 14 aromatic carbocycles. The van der Waals surface area contributed by atoms with Crippen LogP contribution in [0.4, 0.5) is 0 Å². The Hall–Kier alpha value is -9.10. The predicted octanol–water partition coefficient (Wildman–Crippen LogP) is 35.6. The molecule has 0 unspecified atom stereocenters. The maximum absolute atomic E-state index is 2.41. The van der Waals surface area contributed by atoms with Gasteiger partial charge in [-0.15, -0.1) is 0 Å². The van der Waals surface area contributed by atoms with E-state index in [4.69, 9.17) is 0 Å². The molecule has 14 aromatic rings. The third-order valence-electron chi connectivity index (χ3n) is 22.5. The first-order chi connectivity index (χ1) is 53.2. The minimum atomic E-state index is 0.546. The molecule has 0 aliphatic rings. The van der Waals surface area contributed by atoms with E-state index < -0.39 is 0 Å². The summed E-state index contributed by atoms with van der Waals surface area (Å²) in [5, 5.41) is 19.2. The largest absolute Gasteiger partial charge is 0.0620 e. The van der Waals surface area contributed by atoms with Crippen LogP contribution in [0.2, 0.25) is 0 Å². The first-order valence-corrected chi connectivity index (χ1v) is 42.8. The number of hydrogen-bond donors (Lipinski definition) is 0. The molecule has 14 rings (SSSR count). The molecule has 0 bridgehead atoms. The summed E-state index contributed by atoms with van der Waals surface area (Å²) in [5.74, 6) is 8.40. The van der Waals surface area contributed by atoms with Gasteiger partial charge in [-0.2, -0.15) is 0 Å². The maximum atomic E-state index is 2.41. The van der Waals surface area contributed by atoms with Gasteiger partial charge in [0, 0.05) is 0 Å². The zero-order chi connectivity index (χ0) is 81.9. The molecule has 0 fully saturated rings. The van der Waals surface area contributed by atoms with Gasteiger partial charge in [-0.25, -0.2) is 0 Å². The molecule has 0 atom stereocenters. The molecular formula is C112H140. The van der Waals surface area contributed by atoms with Crippen molar-refractivity contribution in [3.63, 3.8) is 0 Å². The van der Waals surface area contributed by atoms with Crippen molar-refractivity contribution >= 4 is 75.4 Å². The van der Waals surface area contributed by atoms with E-state index in [-0.39, 0.29) is 0 Å². The van der Waals surface area contributed by atoms with E-state index in [1.807, 2.05) is 0 Å². The molecule has 0 amide bonds. The Morgan fingerprint density at radius 3 is 0.857 bits per heavy atom. The standard InChI is InChI=1S/2C20H22.3C16H20.2C12H18/c1-13(2)15-9-10-18-17-8-6-5-7-16(17)12-19(14(3)4)20(18)11-15;1-13(2)18-11-16-10-9-15-7-5-6-8-17(15)20(16)12-19(18)14(3)4;1-11(2)14-9-8-13-6-5-7-15(12(3)4)16(13)10-14;1-11(2)14-9-13-7-5-6-8-15(13)16(10-14)12(3)4;1-11(2)15-9-13-7-5-6-8-14(13)10-16(15)12(3)4;1-9(2)11-6-5-7-12(8-11)10(3)4;1-9(2)11-7-5-6-8-12(11)10(3)4/h2*5-14H,1-4H3;3*5-12H,1-4H3;2*5-10H,1-4H3. The summed E-state index contributed by atoms with van der Waals surface area (Å²) in [7, 11) is 0. The van der Waals surface area contributed by atoms with E-state index in [1.165, 1.54) is 153 Å². The molecule has 0 saturated carbocycles. The van der Waals surface area contributed by atoms with Crippen molar-refractivity contribution in [2.24, 2.45) is 0 Å². The van der Waals surface area contributed by atoms with Crippen LogP contribution in [0, 0.1) is 0 Å². The molecule has 0 N–H and O–H groups in total. The average Bonchev–Trinajstić information content (AvgIpc) is 0.771. The van der Waals surface area contributed by atoms with Crippen molar-refractivity contribution in [1.29, 1.82) is 0 Å². The summed E-state index contributed by atoms with van der Waals surface area (Å²) in [6, 6.07) is 93.8. The quantitative estimate of drug-likeness (QED) is 0.0952. The van der Waals surface area contributed by atoms with E-state index >= 15 is 0 Å². The summed E-state index contributed by atoms with van der Waals surface area (Å²) in [6.45, 7) is 63.4. The molecule has 0 aliphatic heterocycles. The van der Waals surface area contributed by atoms with Gasteiger partial charge in [0.25, 0.3) is 0 Å². The Balaban J connectivity index is 0.000000165. The normalized spacial score (nSPS) is 11.6. The van der Waals surface area contributed by atoms with Crippen LogP contribution in [-0.2, 0) is 0 Å². The van der Waals surface area contributed by atoms with E-state index in [0.29, 0.717) is 82.9 Å². The van der Waals surface area contributed by atoms with Crippen molar-refractivity contribution in [2.45, 2.75) is 277 Å². The van der Waals surface area contributed by atoms with E-state index in [2.05, 4.69) is 449 Å². The highest BCUT2D eigenvalue weighted by molar-refractivity contribution is 6.10. The lowest BCUT2D eigenvalue weighted by Gasteiger charge is -2.18. The van der Waals surface area contributed by atoms with Crippen LogP contribution < -0.4 is 0 Å². The van der Waals surface area contributed by atoms with E-state index in [1.54, 1.807) is 0 Å². The number of hydrogen-bond acceptors (Lipinski definition) is 0. The van der Waals surface area contributed by atoms with Gasteiger partial charge >= 0.3 is 0 Å². The summed E-state index contributed by atoms with van der Waals surface area (Å²) >= 11 is 0. The second kappa shape index (κ2) is 41.1. The van der Waals surface area contributed by atoms with Gasteiger partial charge in [0.1, 0.15) is 0 Å². The zero-order valence-electron chi connectivity index (χ0n) is 74.3. The average molecular weight is 1490 g/mol. The lowest BCUT2D eigenvalue weighted by atomic mass is 9.87. The fourth-order valence-electron chi connectivity index (χ4n) is 15.5. The van der Waals surface area contributed by atoms with Gasteiger partial charge in [0.15, 0.2) is 0 Å². The third kappa shape index (κ3) is 23.1. The highest BCUT2D eigenvalue weighted by Crippen LogP contribution is 2.39. The fourth-order valence-corrected chi connectivity index (χ4v) is 15.5. The van der Waals surface area contributed by atoms with Crippen LogP contribution in [0.1, 0.15) is 355 Å². The number of fused-ring (bicyclic) bond motifs is 9. The van der Waals surface area contributed by atoms with Crippen molar-refractivity contribution < 1.29 is 0 Å². The lowest BCUT2D eigenvalue weighted by molar-refractivity contribution is 0.790. The molecule has 0 radical (unpaired) electrons. The molecule has 0 saturated heterocycles. The van der Waals surface area contributed by atoms with E-state index in [9.17, 15) is 0 Å². The van der Waals surface area contributed by atoms with Gasteiger partial charge in [-0.05, 0) is 242 Å². The molecule has 112 heavy (non-hydrogen) atoms. The van der Waals surface area contributed by atoms with Crippen LogP contribution >= 0.6 is 0 Å². The van der Waals surface area contributed by atoms with Crippen molar-refractivity contribution in [1.82, 2.24) is 0 Å². The summed E-state index contributed by atoms with van der Waals surface area (Å²) < 4.78 is 0. The first-order valence-electron chi connectivity index (χ1n) is 42.8. The van der Waals surface area contributed by atoms with Gasteiger partial charge in [0.2, 0.25) is 0 Å². The van der Waals surface area contributed by atoms with Crippen molar-refractivity contribution in [2.75, 3.05) is 0 Å². The highest BCUT2D eigenvalue weighted by Gasteiger charge is 2.17. The van der Waals surface area contributed by atoms with Crippen LogP contribution in [-0.4, -0.2) is 0 Å². The molecule has 0 heteroatoms. The zero-order valence-corrected chi connectivity index (χ0v) is 74.3. The summed E-state index contributed by atoms with van der Waals surface area (Å²) in [6.07, 6.45) is 0. The van der Waals surface area contributed by atoms with Crippen LogP contribution in [0.15, 0.2) is 255 Å². The molecule has 0 heterocycles. The topological polar surface area (TPSA) is 0 Å². The minimum Gasteiger partial charge on any atom is -0.0620 e. The monoisotopic (exact) mass is 1490 g/mol. The predicted molar refractivity (Wildman–Crippen MR) is 505 cm³/mol. The Kier molecular flexibility index (Phi) is 32.5. The van der Waals surface area contributed by atoms with Gasteiger partial charge in [-0.3, -0.25) is 0 Å². The Morgan fingerprint density at radius 1 is 0.116 bits per heavy atom. The smallest absolute Gasteiger partial charge is 0.0102 e. The number of rotatable bonds is 14. The highest BCUT2D eigenvalue weighted by atomic mass is 14.2. The van der Waals surface area contributed by atoms with Crippen molar-refractivity contribution in [3.05, 3.63) is 333 Å². The maximum Gasteiger partial charge on any atom is -0.0102 e. The SMILES string of the molecule is CC(C)c1cc(C(C)C)c2ccccc2c1.CC(C)c1cc2ccc3ccccc3c2cc1C(C)C.CC(C)c1cc2ccccc2cc1C(C)C.CC(C)c1ccc2c(c1)c(C(C)C)cc1ccccc12.CC(C)c1ccc2cccc(C(C)C)c2c1.CC(C)c1cccc(C(C)C)c1.CC(C)c1ccccc1C(C)C. The second-order valence-corrected chi connectivity index (χ2v) is 35.9. The van der Waals surface area contributed by atoms with Crippen LogP contribution in [0.5, 0.6) is 0 Å². The fraction of sp³-hybridized carbons (Fsp3) is 0.375. The Morgan fingerprint density at radius 2 is 0.402 bits per heavy atom. The molecular weight excluding hydrogens is 1350 g/mol. The Labute approximate surface area is 680 Å². The Bertz CT molecular complexity index is 5210. The van der Waals surface area contributed by atoms with Gasteiger partial charge in [0.05, 0.1) is 0 Å². The molecule has 588 valence electrons. The molecule has 0 spiro atoms. The first kappa shape index (κ1) is 88.5. The minimum absolute atomic E-state index is 0.546. The van der Waals surface area contributed by atoms with Crippen LogP contribution in [0.3, 0.4) is 0 Å². The molecule has 0 aliphatic carbocycles. The lowest BCUT2D eigenvalue weighted by Crippen LogP contribution is -1.99. The summed E-state index contributed by atoms with van der Waals surface area (Å²) in [5.41, 5.74) is 20.5. The van der Waals surface area contributed by atoms with Gasteiger partial charge in [-0.1, -0.05) is 443 Å². The molecule has 0 aromatic heterocycles. The van der Waals surface area contributed by atoms with Gasteiger partial charge < -0.3 is 0 Å². The van der Waals surface area contributed by atoms with E-state index in [0.717, 1.165) is 0 Å². The van der Waals surface area contributed by atoms with Crippen LogP contribution in [0.25, 0.3) is 75.4 Å².